The monoisotopic (exact) mass is 341 g/mol. The van der Waals surface area contributed by atoms with Crippen LogP contribution in [-0.2, 0) is 11.2 Å². The van der Waals surface area contributed by atoms with Gasteiger partial charge in [0, 0.05) is 12.3 Å². The molecule has 0 aliphatic carbocycles. The van der Waals surface area contributed by atoms with Crippen molar-refractivity contribution in [2.45, 2.75) is 12.5 Å². The van der Waals surface area contributed by atoms with Crippen molar-refractivity contribution in [2.75, 3.05) is 5.32 Å². The Morgan fingerprint density at radius 3 is 2.67 bits per heavy atom. The summed E-state index contributed by atoms with van der Waals surface area (Å²) in [4.78, 5) is 26.3. The number of amides is 1. The maximum Gasteiger partial charge on any atom is 0.248 e. The van der Waals surface area contributed by atoms with Gasteiger partial charge in [-0.2, -0.15) is 0 Å². The van der Waals surface area contributed by atoms with E-state index in [0.717, 1.165) is 10.9 Å². The van der Waals surface area contributed by atoms with Gasteiger partial charge < -0.3 is 16.0 Å². The quantitative estimate of drug-likeness (QED) is 0.681. The minimum Gasteiger partial charge on any atom is -0.328 e. The lowest BCUT2D eigenvalue weighted by Crippen LogP contribution is -2.37. The fraction of sp³-hybridized carbons (Fsp3) is 0.111. The van der Waals surface area contributed by atoms with Crippen molar-refractivity contribution in [3.8, 4) is 0 Å². The van der Waals surface area contributed by atoms with E-state index in [1.165, 1.54) is 6.07 Å². The van der Waals surface area contributed by atoms with Gasteiger partial charge in [-0.3, -0.25) is 9.59 Å². The van der Waals surface area contributed by atoms with Gasteiger partial charge in [-0.05, 0) is 34.9 Å². The van der Waals surface area contributed by atoms with Crippen molar-refractivity contribution in [3.05, 3.63) is 75.7 Å². The maximum atomic E-state index is 12.3. The largest absolute Gasteiger partial charge is 0.328 e. The van der Waals surface area contributed by atoms with Gasteiger partial charge in [-0.25, -0.2) is 0 Å². The SMILES string of the molecule is N[C@@H](Cc1ccccc1)C(=O)Nc1cc2cc(=O)[nH]cc2cc1Cl. The lowest BCUT2D eigenvalue weighted by atomic mass is 10.1. The van der Waals surface area contributed by atoms with Crippen molar-refractivity contribution in [1.29, 1.82) is 0 Å². The minimum atomic E-state index is -0.696. The van der Waals surface area contributed by atoms with Crippen LogP contribution in [0.15, 0.2) is 59.5 Å². The van der Waals surface area contributed by atoms with Gasteiger partial charge in [0.25, 0.3) is 0 Å². The number of rotatable bonds is 4. The van der Waals surface area contributed by atoms with E-state index >= 15 is 0 Å². The molecular weight excluding hydrogens is 326 g/mol. The molecule has 1 heterocycles. The average molecular weight is 342 g/mol. The number of pyridine rings is 1. The number of nitrogens with two attached hydrogens (primary N) is 1. The van der Waals surface area contributed by atoms with E-state index in [1.54, 1.807) is 18.3 Å². The normalized spacial score (nSPS) is 12.1. The summed E-state index contributed by atoms with van der Waals surface area (Å²) in [5.41, 5.74) is 7.17. The first-order valence-electron chi connectivity index (χ1n) is 7.45. The van der Waals surface area contributed by atoms with Crippen molar-refractivity contribution in [1.82, 2.24) is 4.98 Å². The molecule has 6 heteroatoms. The minimum absolute atomic E-state index is 0.220. The second-order valence-electron chi connectivity index (χ2n) is 5.54. The molecule has 2 aromatic carbocycles. The fourth-order valence-corrected chi connectivity index (χ4v) is 2.69. The number of halogens is 1. The molecule has 0 saturated carbocycles. The molecule has 0 aliphatic rings. The molecule has 1 atom stereocenters. The third-order valence-corrected chi connectivity index (χ3v) is 4.04. The van der Waals surface area contributed by atoms with Crippen LogP contribution in [0.4, 0.5) is 5.69 Å². The highest BCUT2D eigenvalue weighted by atomic mass is 35.5. The summed E-state index contributed by atoms with van der Waals surface area (Å²) in [6.45, 7) is 0. The molecule has 0 saturated heterocycles. The summed E-state index contributed by atoms with van der Waals surface area (Å²) in [6.07, 6.45) is 2.01. The number of carbonyl (C=O) groups excluding carboxylic acids is 1. The third-order valence-electron chi connectivity index (χ3n) is 3.72. The molecule has 0 radical (unpaired) electrons. The standard InChI is InChI=1S/C18H16ClN3O2/c19-14-7-13-10-21-17(23)9-12(13)8-16(14)22-18(24)15(20)6-11-4-2-1-3-5-11/h1-5,7-10,15H,6,20H2,(H,21,23)(H,22,24)/t15-/m0/s1. The molecule has 3 rings (SSSR count). The van der Waals surface area contributed by atoms with Crippen LogP contribution in [0.2, 0.25) is 5.02 Å². The molecular formula is C18H16ClN3O2. The Kier molecular flexibility index (Phi) is 4.64. The molecule has 122 valence electrons. The highest BCUT2D eigenvalue weighted by Gasteiger charge is 2.16. The van der Waals surface area contributed by atoms with Crippen molar-refractivity contribution >= 4 is 34.0 Å². The van der Waals surface area contributed by atoms with E-state index in [4.69, 9.17) is 17.3 Å². The molecule has 0 aliphatic heterocycles. The number of aromatic nitrogens is 1. The van der Waals surface area contributed by atoms with Crippen LogP contribution in [0, 0.1) is 0 Å². The first-order chi connectivity index (χ1) is 11.5. The van der Waals surface area contributed by atoms with Crippen molar-refractivity contribution in [3.63, 3.8) is 0 Å². The van der Waals surface area contributed by atoms with E-state index in [2.05, 4.69) is 10.3 Å². The summed E-state index contributed by atoms with van der Waals surface area (Å²) in [5, 5.41) is 4.59. The molecule has 0 spiro atoms. The van der Waals surface area contributed by atoms with Crippen LogP contribution < -0.4 is 16.6 Å². The van der Waals surface area contributed by atoms with Crippen molar-refractivity contribution < 1.29 is 4.79 Å². The zero-order valence-corrected chi connectivity index (χ0v) is 13.5. The van der Waals surface area contributed by atoms with Crippen LogP contribution in [0.1, 0.15) is 5.56 Å². The van der Waals surface area contributed by atoms with Crippen LogP contribution in [0.3, 0.4) is 0 Å². The lowest BCUT2D eigenvalue weighted by Gasteiger charge is -2.14. The first-order valence-corrected chi connectivity index (χ1v) is 7.83. The molecule has 5 nitrogen and oxygen atoms in total. The topological polar surface area (TPSA) is 88.0 Å². The maximum absolute atomic E-state index is 12.3. The zero-order valence-electron chi connectivity index (χ0n) is 12.8. The second kappa shape index (κ2) is 6.86. The van der Waals surface area contributed by atoms with Gasteiger partial charge in [-0.15, -0.1) is 0 Å². The number of benzene rings is 2. The van der Waals surface area contributed by atoms with Gasteiger partial charge in [0.05, 0.1) is 16.8 Å². The molecule has 1 aromatic heterocycles. The molecule has 0 fully saturated rings. The fourth-order valence-electron chi connectivity index (χ4n) is 2.47. The Morgan fingerprint density at radius 2 is 1.92 bits per heavy atom. The van der Waals surface area contributed by atoms with Crippen LogP contribution >= 0.6 is 11.6 Å². The van der Waals surface area contributed by atoms with Gasteiger partial charge in [0.1, 0.15) is 0 Å². The van der Waals surface area contributed by atoms with E-state index in [1.807, 2.05) is 30.3 Å². The average Bonchev–Trinajstić information content (AvgIpc) is 2.56. The van der Waals surface area contributed by atoms with Gasteiger partial charge >= 0.3 is 0 Å². The highest BCUT2D eigenvalue weighted by Crippen LogP contribution is 2.27. The van der Waals surface area contributed by atoms with Crippen molar-refractivity contribution in [2.24, 2.45) is 5.73 Å². The summed E-state index contributed by atoms with van der Waals surface area (Å²) >= 11 is 6.20. The highest BCUT2D eigenvalue weighted by molar-refractivity contribution is 6.34. The molecule has 0 bridgehead atoms. The summed E-state index contributed by atoms with van der Waals surface area (Å²) < 4.78 is 0. The smallest absolute Gasteiger partial charge is 0.248 e. The van der Waals surface area contributed by atoms with Crippen LogP contribution in [-0.4, -0.2) is 16.9 Å². The Balaban J connectivity index is 1.79. The summed E-state index contributed by atoms with van der Waals surface area (Å²) in [6, 6.07) is 13.7. The molecule has 24 heavy (non-hydrogen) atoms. The number of aromatic amines is 1. The van der Waals surface area contributed by atoms with E-state index in [0.29, 0.717) is 22.5 Å². The summed E-state index contributed by atoms with van der Waals surface area (Å²) in [5.74, 6) is -0.329. The zero-order chi connectivity index (χ0) is 17.1. The Morgan fingerprint density at radius 1 is 1.17 bits per heavy atom. The Hall–Kier alpha value is -2.63. The molecule has 3 aromatic rings. The number of nitrogens with one attached hydrogen (secondary N) is 2. The molecule has 4 N–H and O–H groups in total. The number of hydrogen-bond donors (Lipinski definition) is 3. The lowest BCUT2D eigenvalue weighted by molar-refractivity contribution is -0.117. The number of H-pyrrole nitrogens is 1. The second-order valence-corrected chi connectivity index (χ2v) is 5.95. The van der Waals surface area contributed by atoms with E-state index < -0.39 is 6.04 Å². The van der Waals surface area contributed by atoms with Gasteiger partial charge in [0.2, 0.25) is 11.5 Å². The Labute approximate surface area is 143 Å². The van der Waals surface area contributed by atoms with Gasteiger partial charge in [-0.1, -0.05) is 41.9 Å². The number of fused-ring (bicyclic) bond motifs is 1. The van der Waals surface area contributed by atoms with Gasteiger partial charge in [0.15, 0.2) is 0 Å². The predicted octanol–water partition coefficient (Wildman–Crippen LogP) is 2.69. The molecule has 1 amide bonds. The van der Waals surface area contributed by atoms with Crippen LogP contribution in [0.5, 0.6) is 0 Å². The van der Waals surface area contributed by atoms with E-state index in [-0.39, 0.29) is 11.5 Å². The number of carbonyl (C=O) groups is 1. The first kappa shape index (κ1) is 16.2. The number of anilines is 1. The third kappa shape index (κ3) is 3.64. The predicted molar refractivity (Wildman–Crippen MR) is 96.3 cm³/mol. The number of hydrogen-bond acceptors (Lipinski definition) is 3. The molecule has 0 unspecified atom stereocenters. The van der Waals surface area contributed by atoms with Crippen LogP contribution in [0.25, 0.3) is 10.8 Å². The Bertz CT molecular complexity index is 938. The van der Waals surface area contributed by atoms with E-state index in [9.17, 15) is 9.59 Å². The summed E-state index contributed by atoms with van der Waals surface area (Å²) in [7, 11) is 0.